The summed E-state index contributed by atoms with van der Waals surface area (Å²) >= 11 is 0.930. The SMILES string of the molecule is CC1(C)OCC(C)(c2nnc(-c3ccc(C(N)=NO)c(C(F)(F)F)c3)s2)N1C(=O)[O-]. The predicted molar refractivity (Wildman–Crippen MR) is 97.5 cm³/mol. The molecule has 9 nitrogen and oxygen atoms in total. The maximum atomic E-state index is 13.5. The zero-order valence-electron chi connectivity index (χ0n) is 16.0. The first-order valence-corrected chi connectivity index (χ1v) is 9.31. The highest BCUT2D eigenvalue weighted by atomic mass is 32.1. The van der Waals surface area contributed by atoms with Crippen LogP contribution in [0, 0.1) is 0 Å². The molecule has 1 aliphatic rings. The van der Waals surface area contributed by atoms with Crippen LogP contribution in [-0.4, -0.2) is 44.6 Å². The number of amides is 1. The van der Waals surface area contributed by atoms with E-state index in [0.717, 1.165) is 28.4 Å². The van der Waals surface area contributed by atoms with Gasteiger partial charge in [0.15, 0.2) is 5.84 Å². The largest absolute Gasteiger partial charge is 0.530 e. The maximum absolute atomic E-state index is 13.5. The summed E-state index contributed by atoms with van der Waals surface area (Å²) in [6, 6.07) is 3.19. The van der Waals surface area contributed by atoms with E-state index in [-0.39, 0.29) is 22.2 Å². The van der Waals surface area contributed by atoms with Gasteiger partial charge in [-0.3, -0.25) is 0 Å². The molecule has 1 unspecified atom stereocenters. The number of ether oxygens (including phenoxy) is 1. The molecular weight excluding hydrogens is 427 g/mol. The minimum atomic E-state index is -4.77. The number of rotatable bonds is 3. The van der Waals surface area contributed by atoms with Crippen LogP contribution in [0.4, 0.5) is 18.0 Å². The van der Waals surface area contributed by atoms with Crippen LogP contribution in [0.2, 0.25) is 0 Å². The van der Waals surface area contributed by atoms with Gasteiger partial charge in [0.05, 0.1) is 12.2 Å². The number of amidine groups is 1. The molecule has 0 spiro atoms. The van der Waals surface area contributed by atoms with Crippen molar-refractivity contribution in [3.63, 3.8) is 0 Å². The molecule has 1 fully saturated rings. The monoisotopic (exact) mass is 444 g/mol. The van der Waals surface area contributed by atoms with Crippen LogP contribution in [0.3, 0.4) is 0 Å². The first kappa shape index (κ1) is 21.8. The summed E-state index contributed by atoms with van der Waals surface area (Å²) < 4.78 is 45.9. The van der Waals surface area contributed by atoms with Gasteiger partial charge in [-0.1, -0.05) is 22.6 Å². The molecule has 1 atom stereocenters. The number of carboxylic acid groups (broad SMARTS) is 1. The Labute approximate surface area is 172 Å². The van der Waals surface area contributed by atoms with Gasteiger partial charge in [0.1, 0.15) is 27.4 Å². The number of nitrogens with zero attached hydrogens (tertiary/aromatic N) is 4. The molecule has 0 bridgehead atoms. The molecule has 30 heavy (non-hydrogen) atoms. The molecule has 3 rings (SSSR count). The molecule has 0 aliphatic carbocycles. The normalized spacial score (nSPS) is 21.8. The van der Waals surface area contributed by atoms with Gasteiger partial charge in [-0.05, 0) is 32.9 Å². The molecule has 3 N–H and O–H groups in total. The molecule has 2 aromatic rings. The van der Waals surface area contributed by atoms with Gasteiger partial charge in [0.2, 0.25) is 0 Å². The number of hydrogen-bond acceptors (Lipinski definition) is 8. The Morgan fingerprint density at radius 2 is 2.03 bits per heavy atom. The van der Waals surface area contributed by atoms with Crippen molar-refractivity contribution in [3.8, 4) is 10.6 Å². The van der Waals surface area contributed by atoms with Crippen molar-refractivity contribution in [2.45, 2.75) is 38.2 Å². The molecule has 13 heteroatoms. The van der Waals surface area contributed by atoms with E-state index >= 15 is 0 Å². The summed E-state index contributed by atoms with van der Waals surface area (Å²) in [7, 11) is 0. The van der Waals surface area contributed by atoms with Crippen LogP contribution < -0.4 is 10.8 Å². The summed E-state index contributed by atoms with van der Waals surface area (Å²) in [5.41, 5.74) is 1.44. The van der Waals surface area contributed by atoms with Crippen molar-refractivity contribution in [3.05, 3.63) is 34.3 Å². The van der Waals surface area contributed by atoms with Crippen LogP contribution in [0.25, 0.3) is 10.6 Å². The van der Waals surface area contributed by atoms with E-state index < -0.39 is 40.5 Å². The van der Waals surface area contributed by atoms with E-state index in [9.17, 15) is 23.1 Å². The average Bonchev–Trinajstić information content (AvgIpc) is 3.23. The molecule has 1 aromatic carbocycles. The van der Waals surface area contributed by atoms with Crippen molar-refractivity contribution in [1.29, 1.82) is 0 Å². The van der Waals surface area contributed by atoms with Crippen molar-refractivity contribution in [1.82, 2.24) is 15.1 Å². The van der Waals surface area contributed by atoms with E-state index in [1.807, 2.05) is 0 Å². The third-order valence-corrected chi connectivity index (χ3v) is 5.99. The second-order valence-electron chi connectivity index (χ2n) is 7.27. The Morgan fingerprint density at radius 3 is 2.60 bits per heavy atom. The lowest BCUT2D eigenvalue weighted by atomic mass is 10.0. The van der Waals surface area contributed by atoms with Gasteiger partial charge in [0, 0.05) is 11.1 Å². The van der Waals surface area contributed by atoms with E-state index in [0.29, 0.717) is 0 Å². The second-order valence-corrected chi connectivity index (χ2v) is 8.24. The zero-order valence-corrected chi connectivity index (χ0v) is 16.8. The number of carbonyl (C=O) groups is 1. The van der Waals surface area contributed by atoms with Gasteiger partial charge >= 0.3 is 6.18 Å². The predicted octanol–water partition coefficient (Wildman–Crippen LogP) is 1.95. The van der Waals surface area contributed by atoms with Crippen molar-refractivity contribution >= 4 is 23.3 Å². The Morgan fingerprint density at radius 1 is 1.37 bits per heavy atom. The van der Waals surface area contributed by atoms with Crippen molar-refractivity contribution in [2.24, 2.45) is 10.9 Å². The summed E-state index contributed by atoms with van der Waals surface area (Å²) in [4.78, 5) is 12.7. The molecule has 0 saturated carbocycles. The van der Waals surface area contributed by atoms with Crippen molar-refractivity contribution in [2.75, 3.05) is 6.61 Å². The topological polar surface area (TPSA) is 137 Å². The Hall–Kier alpha value is -2.93. The number of carbonyl (C=O) groups excluding carboxylic acids is 1. The first-order chi connectivity index (χ1) is 13.8. The highest BCUT2D eigenvalue weighted by Gasteiger charge is 2.52. The van der Waals surface area contributed by atoms with Gasteiger partial charge in [-0.2, -0.15) is 13.2 Å². The van der Waals surface area contributed by atoms with E-state index in [4.69, 9.17) is 15.7 Å². The second kappa shape index (κ2) is 7.09. The molecule has 1 saturated heterocycles. The Bertz CT molecular complexity index is 1020. The highest BCUT2D eigenvalue weighted by Crippen LogP contribution is 2.44. The average molecular weight is 444 g/mol. The fourth-order valence-electron chi connectivity index (χ4n) is 3.37. The van der Waals surface area contributed by atoms with Crippen molar-refractivity contribution < 1.29 is 33.0 Å². The third-order valence-electron chi connectivity index (χ3n) is 4.76. The maximum Gasteiger partial charge on any atom is 0.417 e. The zero-order chi connectivity index (χ0) is 22.5. The summed E-state index contributed by atoms with van der Waals surface area (Å²) in [6.45, 7) is 4.65. The summed E-state index contributed by atoms with van der Waals surface area (Å²) in [5, 5.41) is 31.3. The van der Waals surface area contributed by atoms with Crippen LogP contribution in [0.5, 0.6) is 0 Å². The fourth-order valence-corrected chi connectivity index (χ4v) is 4.33. The van der Waals surface area contributed by atoms with Crippen LogP contribution >= 0.6 is 11.3 Å². The molecule has 1 aliphatic heterocycles. The summed E-state index contributed by atoms with van der Waals surface area (Å²) in [6.07, 6.45) is -6.24. The van der Waals surface area contributed by atoms with Gasteiger partial charge < -0.3 is 30.5 Å². The number of oxime groups is 1. The summed E-state index contributed by atoms with van der Waals surface area (Å²) in [5.74, 6) is -0.686. The smallest absolute Gasteiger partial charge is 0.417 e. The van der Waals surface area contributed by atoms with Crippen LogP contribution in [-0.2, 0) is 16.5 Å². The quantitative estimate of drug-likeness (QED) is 0.319. The highest BCUT2D eigenvalue weighted by molar-refractivity contribution is 7.14. The Balaban J connectivity index is 2.06. The lowest BCUT2D eigenvalue weighted by Gasteiger charge is -2.40. The lowest BCUT2D eigenvalue weighted by molar-refractivity contribution is -0.279. The molecule has 0 radical (unpaired) electrons. The number of aromatic nitrogens is 2. The molecule has 162 valence electrons. The Kier molecular flexibility index (Phi) is 5.15. The van der Waals surface area contributed by atoms with E-state index in [1.165, 1.54) is 6.07 Å². The van der Waals surface area contributed by atoms with Gasteiger partial charge in [-0.15, -0.1) is 10.2 Å². The first-order valence-electron chi connectivity index (χ1n) is 8.50. The minimum Gasteiger partial charge on any atom is -0.530 e. The minimum absolute atomic E-state index is 0.0289. The van der Waals surface area contributed by atoms with E-state index in [1.54, 1.807) is 20.8 Å². The number of alkyl halides is 3. The van der Waals surface area contributed by atoms with Crippen LogP contribution in [0.15, 0.2) is 23.4 Å². The fraction of sp³-hybridized carbons (Fsp3) is 0.412. The van der Waals surface area contributed by atoms with Crippen LogP contribution in [0.1, 0.15) is 36.9 Å². The number of hydrogen-bond donors (Lipinski definition) is 2. The molecular formula is C17H17F3N5O4S-. The molecule has 1 aromatic heterocycles. The third kappa shape index (κ3) is 3.54. The number of nitrogens with two attached hydrogens (primary N) is 1. The van der Waals surface area contributed by atoms with Gasteiger partial charge in [-0.25, -0.2) is 0 Å². The molecule has 1 amide bonds. The van der Waals surface area contributed by atoms with Gasteiger partial charge in [0.25, 0.3) is 0 Å². The lowest BCUT2D eigenvalue weighted by Crippen LogP contribution is -2.57. The van der Waals surface area contributed by atoms with E-state index in [2.05, 4.69) is 15.4 Å². The standard InChI is InChI=1S/C17H18F3N5O4S/c1-15(2)25(14(26)27)16(3,7-29-15)13-23-22-12(30-13)8-4-5-9(11(21)24-28)10(6-8)17(18,19)20/h4-6,28H,7H2,1-3H3,(H2,21,24)(H,26,27)/p-1. The number of halogens is 3. The molecule has 2 heterocycles. The number of benzene rings is 1.